The Bertz CT molecular complexity index is 1250. The first-order chi connectivity index (χ1) is 15.1. The lowest BCUT2D eigenvalue weighted by Gasteiger charge is -2.03. The van der Waals surface area contributed by atoms with E-state index in [-0.39, 0.29) is 5.88 Å². The molecule has 6 heteroatoms. The topological polar surface area (TPSA) is 68.9 Å². The lowest BCUT2D eigenvalue weighted by molar-refractivity contribution is 0.414. The fourth-order valence-corrected chi connectivity index (χ4v) is 3.17. The minimum absolute atomic E-state index is 0.107. The zero-order valence-corrected chi connectivity index (χ0v) is 17.6. The second-order valence-electron chi connectivity index (χ2n) is 6.98. The minimum atomic E-state index is 0.107. The molecule has 4 rings (SSSR count). The number of aromatic hydroxyl groups is 1. The van der Waals surface area contributed by atoms with Crippen molar-refractivity contribution in [2.24, 2.45) is 0 Å². The van der Waals surface area contributed by atoms with Crippen molar-refractivity contribution in [2.45, 2.75) is 6.92 Å². The van der Waals surface area contributed by atoms with Crippen LogP contribution in [0.15, 0.2) is 54.7 Å². The third-order valence-corrected chi connectivity index (χ3v) is 4.91. The highest BCUT2D eigenvalue weighted by molar-refractivity contribution is 5.77. The van der Waals surface area contributed by atoms with Gasteiger partial charge < -0.3 is 14.6 Å². The number of hydrogen-bond acceptors (Lipinski definition) is 5. The largest absolute Gasteiger partial charge is 0.497 e. The summed E-state index contributed by atoms with van der Waals surface area (Å²) >= 11 is 0. The molecule has 4 aromatic rings. The quantitative estimate of drug-likeness (QED) is 0.476. The number of ether oxygens (including phenoxy) is 2. The zero-order chi connectivity index (χ0) is 21.8. The number of fused-ring (bicyclic) bond motifs is 1. The molecular weight excluding hydrogens is 390 g/mol. The van der Waals surface area contributed by atoms with E-state index >= 15 is 0 Å². The summed E-state index contributed by atoms with van der Waals surface area (Å²) in [7, 11) is 3.29. The van der Waals surface area contributed by atoms with Gasteiger partial charge in [-0.1, -0.05) is 36.4 Å². The molecule has 0 aliphatic rings. The lowest BCUT2D eigenvalue weighted by atomic mass is 10.2. The normalized spacial score (nSPS) is 11.6. The van der Waals surface area contributed by atoms with Crippen molar-refractivity contribution in [2.75, 3.05) is 14.2 Å². The van der Waals surface area contributed by atoms with Crippen molar-refractivity contribution in [3.8, 4) is 17.4 Å². The molecule has 0 unspecified atom stereocenters. The molecule has 0 amide bonds. The molecule has 0 spiro atoms. The van der Waals surface area contributed by atoms with Crippen molar-refractivity contribution in [1.29, 1.82) is 0 Å². The summed E-state index contributed by atoms with van der Waals surface area (Å²) in [6, 6.07) is 15.5. The fourth-order valence-electron chi connectivity index (χ4n) is 3.17. The van der Waals surface area contributed by atoms with Crippen LogP contribution in [0.25, 0.3) is 30.0 Å². The van der Waals surface area contributed by atoms with E-state index in [0.717, 1.165) is 22.6 Å². The number of aromatic nitrogens is 3. The molecule has 0 aliphatic heterocycles. The summed E-state index contributed by atoms with van der Waals surface area (Å²) in [4.78, 5) is 9.21. The van der Waals surface area contributed by atoms with E-state index < -0.39 is 0 Å². The molecule has 0 aliphatic carbocycles. The Balaban J connectivity index is 1.70. The fraction of sp³-hybridized carbons (Fsp3) is 0.120. The second-order valence-corrected chi connectivity index (χ2v) is 6.98. The van der Waals surface area contributed by atoms with Gasteiger partial charge in [0.2, 0.25) is 5.88 Å². The summed E-state index contributed by atoms with van der Waals surface area (Å²) in [6.45, 7) is 1.77. The van der Waals surface area contributed by atoms with E-state index in [9.17, 15) is 5.11 Å². The van der Waals surface area contributed by atoms with Crippen LogP contribution in [-0.4, -0.2) is 33.7 Å². The molecule has 0 atom stereocenters. The van der Waals surface area contributed by atoms with Gasteiger partial charge in [-0.3, -0.25) is 4.40 Å². The van der Waals surface area contributed by atoms with Crippen LogP contribution in [0, 0.1) is 6.92 Å². The summed E-state index contributed by atoms with van der Waals surface area (Å²) in [5.74, 6) is 1.72. The van der Waals surface area contributed by atoms with E-state index in [2.05, 4.69) is 4.98 Å². The molecule has 2 heterocycles. The molecule has 6 nitrogen and oxygen atoms in total. The van der Waals surface area contributed by atoms with Crippen LogP contribution < -0.4 is 9.47 Å². The maximum absolute atomic E-state index is 10.4. The first-order valence-corrected chi connectivity index (χ1v) is 9.80. The monoisotopic (exact) mass is 413 g/mol. The van der Waals surface area contributed by atoms with Gasteiger partial charge in [0.25, 0.3) is 0 Å². The minimum Gasteiger partial charge on any atom is -0.497 e. The Morgan fingerprint density at radius 2 is 1.32 bits per heavy atom. The average Bonchev–Trinajstić information content (AvgIpc) is 3.10. The summed E-state index contributed by atoms with van der Waals surface area (Å²) in [5, 5.41) is 10.4. The Kier molecular flexibility index (Phi) is 5.71. The Morgan fingerprint density at radius 1 is 0.774 bits per heavy atom. The molecule has 156 valence electrons. The SMILES string of the molecule is COc1ccc(/C=C/c2cn3c(O)c(C)nc3c(/C=C/c3ccc(OC)cc3)n2)cc1. The number of nitrogens with zero attached hydrogens (tertiary/aromatic N) is 3. The summed E-state index contributed by atoms with van der Waals surface area (Å²) in [5.41, 5.74) is 4.54. The molecule has 1 N–H and O–H groups in total. The van der Waals surface area contributed by atoms with E-state index in [1.165, 1.54) is 0 Å². The predicted octanol–water partition coefficient (Wildman–Crippen LogP) is 5.10. The van der Waals surface area contributed by atoms with Gasteiger partial charge in [0.05, 0.1) is 19.9 Å². The van der Waals surface area contributed by atoms with Crippen molar-refractivity contribution in [1.82, 2.24) is 14.4 Å². The van der Waals surface area contributed by atoms with Gasteiger partial charge >= 0.3 is 0 Å². The number of imidazole rings is 1. The third-order valence-electron chi connectivity index (χ3n) is 4.91. The van der Waals surface area contributed by atoms with E-state index in [0.29, 0.717) is 22.7 Å². The molecule has 31 heavy (non-hydrogen) atoms. The van der Waals surface area contributed by atoms with Gasteiger partial charge in [0.15, 0.2) is 5.65 Å². The molecule has 2 aromatic heterocycles. The standard InChI is InChI=1S/C25H23N3O3/c1-17-25(29)28-16-20(10-4-18-5-11-21(30-2)12-6-18)27-23(24(28)26-17)15-9-19-7-13-22(31-3)14-8-19/h4-16,29H,1-3H3/b10-4+,15-9+. The molecule has 2 aromatic carbocycles. The second kappa shape index (κ2) is 8.75. The number of methoxy groups -OCH3 is 2. The summed E-state index contributed by atoms with van der Waals surface area (Å²) < 4.78 is 12.1. The smallest absolute Gasteiger partial charge is 0.219 e. The molecule has 0 bridgehead atoms. The van der Waals surface area contributed by atoms with Gasteiger partial charge in [-0.25, -0.2) is 9.97 Å². The predicted molar refractivity (Wildman–Crippen MR) is 123 cm³/mol. The van der Waals surface area contributed by atoms with Crippen LogP contribution in [0.5, 0.6) is 17.4 Å². The molecule has 0 fully saturated rings. The van der Waals surface area contributed by atoms with E-state index in [1.54, 1.807) is 31.7 Å². The highest BCUT2D eigenvalue weighted by Crippen LogP contribution is 2.23. The van der Waals surface area contributed by atoms with Crippen molar-refractivity contribution in [3.63, 3.8) is 0 Å². The van der Waals surface area contributed by atoms with Gasteiger partial charge in [0.1, 0.15) is 22.9 Å². The Morgan fingerprint density at radius 3 is 1.87 bits per heavy atom. The van der Waals surface area contributed by atoms with Crippen LogP contribution in [0.3, 0.4) is 0 Å². The first-order valence-electron chi connectivity index (χ1n) is 9.80. The van der Waals surface area contributed by atoms with Gasteiger partial charge in [-0.15, -0.1) is 0 Å². The van der Waals surface area contributed by atoms with Crippen LogP contribution in [0.4, 0.5) is 0 Å². The van der Waals surface area contributed by atoms with Crippen LogP contribution in [0.1, 0.15) is 28.2 Å². The number of aryl methyl sites for hydroxylation is 1. The summed E-state index contributed by atoms with van der Waals surface area (Å²) in [6.07, 6.45) is 9.50. The number of benzene rings is 2. The Hall–Kier alpha value is -4.06. The van der Waals surface area contributed by atoms with Crippen LogP contribution in [-0.2, 0) is 0 Å². The van der Waals surface area contributed by atoms with E-state index in [1.807, 2.05) is 72.8 Å². The third kappa shape index (κ3) is 4.43. The van der Waals surface area contributed by atoms with Crippen molar-refractivity contribution >= 4 is 30.0 Å². The average molecular weight is 413 g/mol. The lowest BCUT2D eigenvalue weighted by Crippen LogP contribution is -1.95. The maximum Gasteiger partial charge on any atom is 0.219 e. The molecular formula is C25H23N3O3. The first kappa shape index (κ1) is 20.2. The van der Waals surface area contributed by atoms with Crippen LogP contribution >= 0.6 is 0 Å². The van der Waals surface area contributed by atoms with Gasteiger partial charge in [-0.05, 0) is 54.5 Å². The van der Waals surface area contributed by atoms with E-state index in [4.69, 9.17) is 14.5 Å². The van der Waals surface area contributed by atoms with Gasteiger partial charge in [-0.2, -0.15) is 0 Å². The van der Waals surface area contributed by atoms with Crippen molar-refractivity contribution < 1.29 is 14.6 Å². The highest BCUT2D eigenvalue weighted by atomic mass is 16.5. The van der Waals surface area contributed by atoms with Crippen molar-refractivity contribution in [3.05, 3.63) is 82.9 Å². The highest BCUT2D eigenvalue weighted by Gasteiger charge is 2.12. The van der Waals surface area contributed by atoms with Gasteiger partial charge in [0, 0.05) is 6.20 Å². The number of hydrogen-bond donors (Lipinski definition) is 1. The molecule has 0 radical (unpaired) electrons. The van der Waals surface area contributed by atoms with Crippen LogP contribution in [0.2, 0.25) is 0 Å². The maximum atomic E-state index is 10.4. The molecule has 0 saturated carbocycles. The molecule has 0 saturated heterocycles. The zero-order valence-electron chi connectivity index (χ0n) is 17.6. The number of rotatable bonds is 6. The Labute approximate surface area is 180 Å².